The van der Waals surface area contributed by atoms with Crippen LogP contribution in [0.4, 0.5) is 0 Å². The van der Waals surface area contributed by atoms with E-state index in [0.29, 0.717) is 6.61 Å². The number of H-pyrrole nitrogens is 1. The fourth-order valence-corrected chi connectivity index (χ4v) is 3.14. The molecule has 1 aliphatic rings. The molecular formula is C19H26N4O2. The molecule has 1 aromatic heterocycles. The highest BCUT2D eigenvalue weighted by atomic mass is 16.5. The van der Waals surface area contributed by atoms with E-state index in [1.165, 1.54) is 23.0 Å². The molecule has 6 nitrogen and oxygen atoms in total. The van der Waals surface area contributed by atoms with E-state index >= 15 is 0 Å². The summed E-state index contributed by atoms with van der Waals surface area (Å²) in [4.78, 5) is 4.18. The lowest BCUT2D eigenvalue weighted by Gasteiger charge is -2.13. The predicted octanol–water partition coefficient (Wildman–Crippen LogP) is 2.86. The summed E-state index contributed by atoms with van der Waals surface area (Å²) in [6.07, 6.45) is 6.04. The van der Waals surface area contributed by atoms with Crippen LogP contribution in [-0.4, -0.2) is 41.5 Å². The number of benzene rings is 1. The Kier molecular flexibility index (Phi) is 6.33. The van der Waals surface area contributed by atoms with Crippen molar-refractivity contribution in [1.29, 1.82) is 0 Å². The van der Waals surface area contributed by atoms with Gasteiger partial charge < -0.3 is 14.8 Å². The Balaban J connectivity index is 1.46. The van der Waals surface area contributed by atoms with Crippen LogP contribution in [0.2, 0.25) is 0 Å². The third kappa shape index (κ3) is 4.98. The van der Waals surface area contributed by atoms with Gasteiger partial charge in [0, 0.05) is 20.2 Å². The van der Waals surface area contributed by atoms with Gasteiger partial charge in [-0.2, -0.15) is 5.10 Å². The van der Waals surface area contributed by atoms with Crippen LogP contribution in [0.15, 0.2) is 36.2 Å². The average molecular weight is 342 g/mol. The van der Waals surface area contributed by atoms with Crippen LogP contribution in [0.25, 0.3) is 6.08 Å². The largest absolute Gasteiger partial charge is 0.380 e. The van der Waals surface area contributed by atoms with E-state index in [4.69, 9.17) is 9.47 Å². The summed E-state index contributed by atoms with van der Waals surface area (Å²) in [6.45, 7) is 4.46. The van der Waals surface area contributed by atoms with Gasteiger partial charge in [-0.25, -0.2) is 4.98 Å². The Morgan fingerprint density at radius 3 is 3.08 bits per heavy atom. The SMILES string of the molecule is COCc1ccccc1/C=C(\C)CNC[C@H]1CC[C@@H](c2ncn[nH]2)O1. The van der Waals surface area contributed by atoms with Gasteiger partial charge >= 0.3 is 0 Å². The smallest absolute Gasteiger partial charge is 0.153 e. The van der Waals surface area contributed by atoms with Crippen LogP contribution in [0.1, 0.15) is 42.8 Å². The molecule has 1 aliphatic heterocycles. The predicted molar refractivity (Wildman–Crippen MR) is 96.9 cm³/mol. The average Bonchev–Trinajstić information content (AvgIpc) is 3.28. The monoisotopic (exact) mass is 342 g/mol. The lowest BCUT2D eigenvalue weighted by molar-refractivity contribution is 0.0407. The summed E-state index contributed by atoms with van der Waals surface area (Å²) in [5.74, 6) is 0.827. The molecule has 0 bridgehead atoms. The minimum absolute atomic E-state index is 0.0480. The van der Waals surface area contributed by atoms with Crippen LogP contribution >= 0.6 is 0 Å². The zero-order valence-corrected chi connectivity index (χ0v) is 14.9. The van der Waals surface area contributed by atoms with Crippen molar-refractivity contribution in [3.63, 3.8) is 0 Å². The number of nitrogens with zero attached hydrogens (tertiary/aromatic N) is 2. The maximum atomic E-state index is 6.02. The van der Waals surface area contributed by atoms with E-state index < -0.39 is 0 Å². The summed E-state index contributed by atoms with van der Waals surface area (Å²) in [5.41, 5.74) is 3.71. The lowest BCUT2D eigenvalue weighted by Crippen LogP contribution is -2.27. The number of aromatic nitrogens is 3. The first-order valence-corrected chi connectivity index (χ1v) is 8.71. The lowest BCUT2D eigenvalue weighted by atomic mass is 10.1. The van der Waals surface area contributed by atoms with Gasteiger partial charge in [-0.15, -0.1) is 0 Å². The van der Waals surface area contributed by atoms with Gasteiger partial charge in [-0.05, 0) is 30.9 Å². The Bertz CT molecular complexity index is 684. The van der Waals surface area contributed by atoms with E-state index in [-0.39, 0.29) is 12.2 Å². The second-order valence-electron chi connectivity index (χ2n) is 6.45. The van der Waals surface area contributed by atoms with Crippen molar-refractivity contribution in [1.82, 2.24) is 20.5 Å². The summed E-state index contributed by atoms with van der Waals surface area (Å²) < 4.78 is 11.3. The molecule has 0 amide bonds. The van der Waals surface area contributed by atoms with Crippen molar-refractivity contribution in [3.8, 4) is 0 Å². The highest BCUT2D eigenvalue weighted by Gasteiger charge is 2.27. The summed E-state index contributed by atoms with van der Waals surface area (Å²) in [6, 6.07) is 8.33. The Morgan fingerprint density at radius 1 is 1.40 bits per heavy atom. The minimum Gasteiger partial charge on any atom is -0.380 e. The third-order valence-corrected chi connectivity index (χ3v) is 4.38. The summed E-state index contributed by atoms with van der Waals surface area (Å²) >= 11 is 0. The molecule has 6 heteroatoms. The number of hydrogen-bond donors (Lipinski definition) is 2. The summed E-state index contributed by atoms with van der Waals surface area (Å²) in [7, 11) is 1.72. The number of methoxy groups -OCH3 is 1. The quantitative estimate of drug-likeness (QED) is 0.772. The Morgan fingerprint density at radius 2 is 2.28 bits per heavy atom. The molecular weight excluding hydrogens is 316 g/mol. The van der Waals surface area contributed by atoms with E-state index in [1.54, 1.807) is 7.11 Å². The molecule has 0 saturated carbocycles. The van der Waals surface area contributed by atoms with Crippen molar-refractivity contribution in [2.45, 2.75) is 38.6 Å². The molecule has 2 heterocycles. The van der Waals surface area contributed by atoms with Gasteiger partial charge in [0.25, 0.3) is 0 Å². The zero-order valence-electron chi connectivity index (χ0n) is 14.9. The number of hydrogen-bond acceptors (Lipinski definition) is 5. The highest BCUT2D eigenvalue weighted by molar-refractivity contribution is 5.56. The maximum absolute atomic E-state index is 6.02. The standard InChI is InChI=1S/C19H26N4O2/c1-14(9-15-5-3-4-6-16(15)12-24-2)10-20-11-17-7-8-18(25-17)19-21-13-22-23-19/h3-6,9,13,17-18,20H,7-8,10-12H2,1-2H3,(H,21,22,23)/b14-9+/t17-,18+/m1/s1. The molecule has 3 rings (SSSR count). The molecule has 1 fully saturated rings. The molecule has 2 N–H and O–H groups in total. The van der Waals surface area contributed by atoms with E-state index in [2.05, 4.69) is 51.7 Å². The van der Waals surface area contributed by atoms with Crippen molar-refractivity contribution in [2.24, 2.45) is 0 Å². The van der Waals surface area contributed by atoms with Crippen molar-refractivity contribution in [3.05, 3.63) is 53.1 Å². The molecule has 2 atom stereocenters. The Hall–Kier alpha value is -2.02. The van der Waals surface area contributed by atoms with Crippen LogP contribution < -0.4 is 5.32 Å². The topological polar surface area (TPSA) is 72.1 Å². The second kappa shape index (κ2) is 8.89. The summed E-state index contributed by atoms with van der Waals surface area (Å²) in [5, 5.41) is 10.3. The minimum atomic E-state index is 0.0480. The maximum Gasteiger partial charge on any atom is 0.153 e. The van der Waals surface area contributed by atoms with Crippen LogP contribution in [0.3, 0.4) is 0 Å². The molecule has 2 aromatic rings. The number of ether oxygens (including phenoxy) is 2. The molecule has 25 heavy (non-hydrogen) atoms. The fraction of sp³-hybridized carbons (Fsp3) is 0.474. The van der Waals surface area contributed by atoms with E-state index in [9.17, 15) is 0 Å². The number of rotatable bonds is 8. The van der Waals surface area contributed by atoms with Gasteiger partial charge in [-0.1, -0.05) is 35.9 Å². The van der Waals surface area contributed by atoms with Gasteiger partial charge in [-0.3, -0.25) is 5.10 Å². The number of nitrogens with one attached hydrogen (secondary N) is 2. The molecule has 0 radical (unpaired) electrons. The van der Waals surface area contributed by atoms with Gasteiger partial charge in [0.15, 0.2) is 5.82 Å². The first kappa shape index (κ1) is 17.8. The molecule has 0 spiro atoms. The van der Waals surface area contributed by atoms with Crippen molar-refractivity contribution in [2.75, 3.05) is 20.2 Å². The Labute approximate surface area is 148 Å². The van der Waals surface area contributed by atoms with Gasteiger partial charge in [0.05, 0.1) is 12.7 Å². The first-order valence-electron chi connectivity index (χ1n) is 8.71. The normalized spacial score (nSPS) is 21.0. The molecule has 1 aromatic carbocycles. The zero-order chi connectivity index (χ0) is 17.5. The van der Waals surface area contributed by atoms with Crippen LogP contribution in [-0.2, 0) is 16.1 Å². The van der Waals surface area contributed by atoms with Gasteiger partial charge in [0.2, 0.25) is 0 Å². The van der Waals surface area contributed by atoms with Gasteiger partial charge in [0.1, 0.15) is 12.4 Å². The number of aromatic amines is 1. The molecule has 0 unspecified atom stereocenters. The van der Waals surface area contributed by atoms with Crippen LogP contribution in [0, 0.1) is 0 Å². The van der Waals surface area contributed by atoms with E-state index in [0.717, 1.165) is 31.8 Å². The van der Waals surface area contributed by atoms with Crippen molar-refractivity contribution < 1.29 is 9.47 Å². The van der Waals surface area contributed by atoms with E-state index in [1.807, 2.05) is 6.07 Å². The van der Waals surface area contributed by atoms with Crippen LogP contribution in [0.5, 0.6) is 0 Å². The molecule has 0 aliphatic carbocycles. The third-order valence-electron chi connectivity index (χ3n) is 4.38. The molecule has 1 saturated heterocycles. The molecule has 134 valence electrons. The highest BCUT2D eigenvalue weighted by Crippen LogP contribution is 2.29. The fourth-order valence-electron chi connectivity index (χ4n) is 3.14. The second-order valence-corrected chi connectivity index (χ2v) is 6.45. The first-order chi connectivity index (χ1) is 12.3. The van der Waals surface area contributed by atoms with Crippen molar-refractivity contribution >= 4 is 6.08 Å².